The first kappa shape index (κ1) is 18.2. The van der Waals surface area contributed by atoms with Crippen LogP contribution in [0.1, 0.15) is 5.56 Å². The van der Waals surface area contributed by atoms with Crippen molar-refractivity contribution in [2.75, 3.05) is 10.6 Å². The first-order valence-electron chi connectivity index (χ1n) is 7.72. The van der Waals surface area contributed by atoms with E-state index in [2.05, 4.69) is 15.6 Å². The molecular weight excluding hydrogens is 376 g/mol. The second-order valence-corrected chi connectivity index (χ2v) is 6.35. The molecule has 0 radical (unpaired) electrons. The molecule has 2 aromatic carbocycles. The number of hydrogen-bond donors (Lipinski definition) is 2. The molecule has 132 valence electrons. The largest absolute Gasteiger partial charge is 0.340 e. The lowest BCUT2D eigenvalue weighted by Gasteiger charge is -2.09. The lowest BCUT2D eigenvalue weighted by atomic mass is 10.1. The van der Waals surface area contributed by atoms with Crippen molar-refractivity contribution in [1.29, 1.82) is 0 Å². The van der Waals surface area contributed by atoms with Gasteiger partial charge in [-0.25, -0.2) is 9.37 Å². The Morgan fingerprint density at radius 1 is 0.962 bits per heavy atom. The molecule has 0 aliphatic rings. The third-order valence-electron chi connectivity index (χ3n) is 3.52. The van der Waals surface area contributed by atoms with Crippen molar-refractivity contribution in [2.45, 2.75) is 6.42 Å². The Morgan fingerprint density at radius 2 is 1.69 bits per heavy atom. The number of hydrogen-bond acceptors (Lipinski definition) is 3. The Bertz CT molecular complexity index is 915. The van der Waals surface area contributed by atoms with Crippen LogP contribution in [0.4, 0.5) is 21.6 Å². The van der Waals surface area contributed by atoms with E-state index in [-0.39, 0.29) is 18.1 Å². The molecule has 3 rings (SSSR count). The molecule has 0 spiro atoms. The average Bonchev–Trinajstić information content (AvgIpc) is 2.62. The second kappa shape index (κ2) is 8.17. The average molecular weight is 390 g/mol. The van der Waals surface area contributed by atoms with Gasteiger partial charge in [-0.1, -0.05) is 35.3 Å². The van der Waals surface area contributed by atoms with Crippen molar-refractivity contribution in [3.05, 3.63) is 82.2 Å². The van der Waals surface area contributed by atoms with Crippen LogP contribution >= 0.6 is 23.2 Å². The summed E-state index contributed by atoms with van der Waals surface area (Å²) in [5, 5.41) is 6.77. The van der Waals surface area contributed by atoms with Gasteiger partial charge in [-0.05, 0) is 48.0 Å². The van der Waals surface area contributed by atoms with Crippen molar-refractivity contribution in [1.82, 2.24) is 4.98 Å². The highest BCUT2D eigenvalue weighted by atomic mass is 35.5. The molecular formula is C19H14Cl2FN3O. The smallest absolute Gasteiger partial charge is 0.228 e. The van der Waals surface area contributed by atoms with Gasteiger partial charge in [0.1, 0.15) is 11.6 Å². The summed E-state index contributed by atoms with van der Waals surface area (Å²) in [6.07, 6.45) is 1.70. The first-order valence-corrected chi connectivity index (χ1v) is 8.47. The Morgan fingerprint density at radius 3 is 2.35 bits per heavy atom. The van der Waals surface area contributed by atoms with Gasteiger partial charge in [-0.15, -0.1) is 0 Å². The molecule has 4 nitrogen and oxygen atoms in total. The number of amides is 1. The summed E-state index contributed by atoms with van der Waals surface area (Å²) in [5.74, 6) is 0.0620. The zero-order valence-electron chi connectivity index (χ0n) is 13.5. The lowest BCUT2D eigenvalue weighted by molar-refractivity contribution is -0.115. The standard InChI is InChI=1S/C19H14Cl2FN3O/c20-16-7-5-14(10-17(16)21)24-18-8-6-15(11-23-18)25-19(26)9-12-1-3-13(22)4-2-12/h1-8,10-11H,9H2,(H,23,24)(H,25,26). The van der Waals surface area contributed by atoms with Crippen LogP contribution in [0.15, 0.2) is 60.8 Å². The predicted octanol–water partition coefficient (Wildman–Crippen LogP) is 5.45. The SMILES string of the molecule is O=C(Cc1ccc(F)cc1)Nc1ccc(Nc2ccc(Cl)c(Cl)c2)nc1. The Labute approximate surface area is 160 Å². The van der Waals surface area contributed by atoms with E-state index in [1.807, 2.05) is 0 Å². The number of pyridine rings is 1. The Hall–Kier alpha value is -2.63. The van der Waals surface area contributed by atoms with Crippen LogP contribution in [0.2, 0.25) is 10.0 Å². The highest BCUT2D eigenvalue weighted by Crippen LogP contribution is 2.26. The summed E-state index contributed by atoms with van der Waals surface area (Å²) < 4.78 is 12.9. The van der Waals surface area contributed by atoms with Gasteiger partial charge in [0.05, 0.1) is 28.4 Å². The van der Waals surface area contributed by atoms with E-state index >= 15 is 0 Å². The highest BCUT2D eigenvalue weighted by molar-refractivity contribution is 6.42. The molecule has 0 saturated carbocycles. The summed E-state index contributed by atoms with van der Waals surface area (Å²) in [7, 11) is 0. The number of carbonyl (C=O) groups is 1. The number of anilines is 3. The van der Waals surface area contributed by atoms with Gasteiger partial charge in [-0.2, -0.15) is 0 Å². The molecule has 0 atom stereocenters. The van der Waals surface area contributed by atoms with Crippen LogP contribution in [0.25, 0.3) is 0 Å². The maximum Gasteiger partial charge on any atom is 0.228 e. The summed E-state index contributed by atoms with van der Waals surface area (Å²) in [4.78, 5) is 16.3. The van der Waals surface area contributed by atoms with Crippen molar-refractivity contribution >= 4 is 46.3 Å². The summed E-state index contributed by atoms with van der Waals surface area (Å²) in [5.41, 5.74) is 2.05. The molecule has 0 bridgehead atoms. The molecule has 1 heterocycles. The zero-order valence-corrected chi connectivity index (χ0v) is 15.0. The van der Waals surface area contributed by atoms with Crippen molar-refractivity contribution in [2.24, 2.45) is 0 Å². The van der Waals surface area contributed by atoms with Gasteiger partial charge < -0.3 is 10.6 Å². The number of benzene rings is 2. The van der Waals surface area contributed by atoms with Crippen LogP contribution in [-0.4, -0.2) is 10.9 Å². The molecule has 1 aromatic heterocycles. The minimum atomic E-state index is -0.330. The zero-order chi connectivity index (χ0) is 18.5. The summed E-state index contributed by atoms with van der Waals surface area (Å²) in [6, 6.07) is 14.5. The fraction of sp³-hybridized carbons (Fsp3) is 0.0526. The summed E-state index contributed by atoms with van der Waals surface area (Å²) in [6.45, 7) is 0. The van der Waals surface area contributed by atoms with Gasteiger partial charge in [0.2, 0.25) is 5.91 Å². The fourth-order valence-electron chi connectivity index (χ4n) is 2.26. The van der Waals surface area contributed by atoms with E-state index in [1.54, 1.807) is 48.7 Å². The number of nitrogens with zero attached hydrogens (tertiary/aromatic N) is 1. The molecule has 3 aromatic rings. The fourth-order valence-corrected chi connectivity index (χ4v) is 2.55. The van der Waals surface area contributed by atoms with Gasteiger partial charge in [0.25, 0.3) is 0 Å². The summed E-state index contributed by atoms with van der Waals surface area (Å²) >= 11 is 11.9. The van der Waals surface area contributed by atoms with Gasteiger partial charge in [0.15, 0.2) is 0 Å². The van der Waals surface area contributed by atoms with E-state index < -0.39 is 0 Å². The minimum Gasteiger partial charge on any atom is -0.340 e. The van der Waals surface area contributed by atoms with E-state index in [9.17, 15) is 9.18 Å². The third kappa shape index (κ3) is 4.94. The molecule has 1 amide bonds. The lowest BCUT2D eigenvalue weighted by Crippen LogP contribution is -2.14. The number of carbonyl (C=O) groups excluding carboxylic acids is 1. The van der Waals surface area contributed by atoms with E-state index in [0.717, 1.165) is 11.3 Å². The highest BCUT2D eigenvalue weighted by Gasteiger charge is 2.06. The molecule has 2 N–H and O–H groups in total. The molecule has 0 fully saturated rings. The van der Waals surface area contributed by atoms with Crippen LogP contribution in [-0.2, 0) is 11.2 Å². The molecule has 7 heteroatoms. The topological polar surface area (TPSA) is 54.0 Å². The Balaban J connectivity index is 1.59. The third-order valence-corrected chi connectivity index (χ3v) is 4.26. The monoisotopic (exact) mass is 389 g/mol. The first-order chi connectivity index (χ1) is 12.5. The molecule has 0 unspecified atom stereocenters. The van der Waals surface area contributed by atoms with Gasteiger partial charge in [0, 0.05) is 5.69 Å². The maximum atomic E-state index is 12.9. The van der Waals surface area contributed by atoms with Crippen LogP contribution < -0.4 is 10.6 Å². The van der Waals surface area contributed by atoms with Gasteiger partial charge >= 0.3 is 0 Å². The predicted molar refractivity (Wildman–Crippen MR) is 103 cm³/mol. The quantitative estimate of drug-likeness (QED) is 0.609. The van der Waals surface area contributed by atoms with Gasteiger partial charge in [-0.3, -0.25) is 4.79 Å². The molecule has 0 saturated heterocycles. The van der Waals surface area contributed by atoms with Crippen molar-refractivity contribution < 1.29 is 9.18 Å². The van der Waals surface area contributed by atoms with Crippen LogP contribution in [0.5, 0.6) is 0 Å². The molecule has 0 aliphatic carbocycles. The normalized spacial score (nSPS) is 10.4. The van der Waals surface area contributed by atoms with Crippen molar-refractivity contribution in [3.8, 4) is 0 Å². The number of aromatic nitrogens is 1. The van der Waals surface area contributed by atoms with Crippen molar-refractivity contribution in [3.63, 3.8) is 0 Å². The van der Waals surface area contributed by atoms with E-state index in [0.29, 0.717) is 21.6 Å². The number of halogens is 3. The number of nitrogens with one attached hydrogen (secondary N) is 2. The second-order valence-electron chi connectivity index (χ2n) is 5.54. The van der Waals surface area contributed by atoms with E-state index in [4.69, 9.17) is 23.2 Å². The van der Waals surface area contributed by atoms with Crippen LogP contribution in [0.3, 0.4) is 0 Å². The molecule has 0 aliphatic heterocycles. The number of rotatable bonds is 5. The van der Waals surface area contributed by atoms with Crippen LogP contribution in [0, 0.1) is 5.82 Å². The van der Waals surface area contributed by atoms with E-state index in [1.165, 1.54) is 12.1 Å². The maximum absolute atomic E-state index is 12.9. The Kier molecular flexibility index (Phi) is 5.71. The minimum absolute atomic E-state index is 0.156. The molecule has 26 heavy (non-hydrogen) atoms.